The molecule has 10 heteroatoms. The van der Waals surface area contributed by atoms with E-state index in [1.54, 1.807) is 42.6 Å². The molecule has 0 saturated carbocycles. The molecule has 0 aliphatic heterocycles. The fraction of sp³-hybridized carbons (Fsp3) is 0. The highest BCUT2D eigenvalue weighted by atomic mass is 35.5. The van der Waals surface area contributed by atoms with Crippen LogP contribution in [0.15, 0.2) is 48.8 Å². The van der Waals surface area contributed by atoms with Gasteiger partial charge in [0, 0.05) is 23.3 Å². The Kier molecular flexibility index (Phi) is 5.60. The number of aromatic nitrogens is 3. The third-order valence-corrected chi connectivity index (χ3v) is 3.98. The van der Waals surface area contributed by atoms with Gasteiger partial charge in [0.05, 0.1) is 5.52 Å². The Morgan fingerprint density at radius 1 is 0.724 bits per heavy atom. The van der Waals surface area contributed by atoms with Crippen LogP contribution in [-0.4, -0.2) is 15.0 Å². The van der Waals surface area contributed by atoms with Crippen LogP contribution in [0.3, 0.4) is 0 Å². The summed E-state index contributed by atoms with van der Waals surface area (Å²) in [6.45, 7) is 0. The molecule has 148 valence electrons. The molecule has 0 bridgehead atoms. The average molecular weight is 425 g/mol. The lowest BCUT2D eigenvalue weighted by Crippen LogP contribution is -2.08. The van der Waals surface area contributed by atoms with E-state index in [-0.39, 0.29) is 24.0 Å². The Morgan fingerprint density at radius 3 is 2.03 bits per heavy atom. The SMILES string of the molecule is Cl.Fc1c(F)c(F)c(Nc2nc(-c3cccnc3)nc3ccccc23)c(F)c1F. The second kappa shape index (κ2) is 7.96. The summed E-state index contributed by atoms with van der Waals surface area (Å²) in [6.07, 6.45) is 3.02. The summed E-state index contributed by atoms with van der Waals surface area (Å²) in [5.41, 5.74) is -0.283. The van der Waals surface area contributed by atoms with Crippen molar-refractivity contribution < 1.29 is 22.0 Å². The minimum absolute atomic E-state index is 0. The molecule has 0 radical (unpaired) electrons. The molecular formula is C19H10ClF5N4. The molecule has 2 heterocycles. The summed E-state index contributed by atoms with van der Waals surface area (Å²) < 4.78 is 68.5. The van der Waals surface area contributed by atoms with Crippen molar-refractivity contribution in [2.45, 2.75) is 0 Å². The molecule has 0 spiro atoms. The van der Waals surface area contributed by atoms with Crippen molar-refractivity contribution in [1.82, 2.24) is 15.0 Å². The highest BCUT2D eigenvalue weighted by Gasteiger charge is 2.26. The van der Waals surface area contributed by atoms with Crippen LogP contribution < -0.4 is 5.32 Å². The van der Waals surface area contributed by atoms with Crippen LogP contribution in [-0.2, 0) is 0 Å². The van der Waals surface area contributed by atoms with Crippen LogP contribution in [0.1, 0.15) is 0 Å². The van der Waals surface area contributed by atoms with Crippen LogP contribution >= 0.6 is 12.4 Å². The third kappa shape index (κ3) is 3.56. The van der Waals surface area contributed by atoms with Crippen molar-refractivity contribution in [2.75, 3.05) is 5.32 Å². The molecule has 0 saturated heterocycles. The number of nitrogens with one attached hydrogen (secondary N) is 1. The number of nitrogens with zero attached hydrogens (tertiary/aromatic N) is 3. The Hall–Kier alpha value is -3.33. The number of rotatable bonds is 3. The number of para-hydroxylation sites is 1. The summed E-state index contributed by atoms with van der Waals surface area (Å²) in [4.78, 5) is 12.5. The standard InChI is InChI=1S/C19H9F5N4.ClH/c20-12-13(21)15(23)17(16(24)14(12)22)27-19-10-5-1-2-6-11(10)26-18(28-19)9-4-3-7-25-8-9;/h1-8H,(H,26,27,28);1H. The Bertz CT molecular complexity index is 1180. The number of anilines is 2. The van der Waals surface area contributed by atoms with E-state index in [0.29, 0.717) is 16.5 Å². The summed E-state index contributed by atoms with van der Waals surface area (Å²) in [7, 11) is 0. The lowest BCUT2D eigenvalue weighted by Gasteiger charge is -2.13. The predicted molar refractivity (Wildman–Crippen MR) is 99.5 cm³/mol. The van der Waals surface area contributed by atoms with Crippen molar-refractivity contribution in [3.8, 4) is 11.4 Å². The summed E-state index contributed by atoms with van der Waals surface area (Å²) in [5, 5.41) is 2.57. The molecule has 0 aliphatic rings. The van der Waals surface area contributed by atoms with Crippen LogP contribution in [0.4, 0.5) is 33.5 Å². The molecule has 0 unspecified atom stereocenters. The Labute approximate surface area is 166 Å². The quantitative estimate of drug-likeness (QED) is 0.266. The largest absolute Gasteiger partial charge is 0.335 e. The normalized spacial score (nSPS) is 10.7. The molecule has 0 fully saturated rings. The predicted octanol–water partition coefficient (Wildman–Crippen LogP) is 5.55. The lowest BCUT2D eigenvalue weighted by atomic mass is 10.2. The molecule has 0 atom stereocenters. The maximum Gasteiger partial charge on any atom is 0.200 e. The highest BCUT2D eigenvalue weighted by molar-refractivity contribution is 5.92. The molecule has 4 aromatic rings. The van der Waals surface area contributed by atoms with E-state index >= 15 is 0 Å². The lowest BCUT2D eigenvalue weighted by molar-refractivity contribution is 0.382. The van der Waals surface area contributed by atoms with Gasteiger partial charge < -0.3 is 5.32 Å². The zero-order chi connectivity index (χ0) is 19.8. The monoisotopic (exact) mass is 424 g/mol. The third-order valence-electron chi connectivity index (χ3n) is 3.98. The van der Waals surface area contributed by atoms with Crippen molar-refractivity contribution in [2.24, 2.45) is 0 Å². The van der Waals surface area contributed by atoms with Crippen molar-refractivity contribution in [1.29, 1.82) is 0 Å². The Balaban J connectivity index is 0.00000240. The first-order chi connectivity index (χ1) is 13.5. The second-order valence-corrected chi connectivity index (χ2v) is 5.72. The molecular weight excluding hydrogens is 415 g/mol. The van der Waals surface area contributed by atoms with Gasteiger partial charge in [-0.2, -0.15) is 0 Å². The fourth-order valence-electron chi connectivity index (χ4n) is 2.63. The second-order valence-electron chi connectivity index (χ2n) is 5.72. The van der Waals surface area contributed by atoms with E-state index in [4.69, 9.17) is 0 Å². The van der Waals surface area contributed by atoms with Crippen LogP contribution in [0.2, 0.25) is 0 Å². The maximum atomic E-state index is 14.1. The van der Waals surface area contributed by atoms with Crippen molar-refractivity contribution >= 4 is 34.8 Å². The molecule has 1 N–H and O–H groups in total. The molecule has 2 aromatic heterocycles. The van der Waals surface area contributed by atoms with Crippen LogP contribution in [0, 0.1) is 29.1 Å². The number of fused-ring (bicyclic) bond motifs is 1. The van der Waals surface area contributed by atoms with Gasteiger partial charge in [-0.1, -0.05) is 12.1 Å². The number of pyridine rings is 1. The van der Waals surface area contributed by atoms with Gasteiger partial charge in [0.2, 0.25) is 5.82 Å². The van der Waals surface area contributed by atoms with E-state index in [1.807, 2.05) is 0 Å². The topological polar surface area (TPSA) is 50.7 Å². The molecule has 29 heavy (non-hydrogen) atoms. The highest BCUT2D eigenvalue weighted by Crippen LogP contribution is 2.32. The molecule has 4 rings (SSSR count). The van der Waals surface area contributed by atoms with Crippen molar-refractivity contribution in [3.63, 3.8) is 0 Å². The van der Waals surface area contributed by atoms with Gasteiger partial charge in [-0.3, -0.25) is 4.98 Å². The van der Waals surface area contributed by atoms with E-state index < -0.39 is 34.8 Å². The van der Waals surface area contributed by atoms with Crippen molar-refractivity contribution in [3.05, 3.63) is 77.9 Å². The van der Waals surface area contributed by atoms with Gasteiger partial charge in [0.15, 0.2) is 29.1 Å². The van der Waals surface area contributed by atoms with Gasteiger partial charge in [-0.25, -0.2) is 31.9 Å². The zero-order valence-corrected chi connectivity index (χ0v) is 15.1. The van der Waals surface area contributed by atoms with E-state index in [0.717, 1.165) is 0 Å². The average Bonchev–Trinajstić information content (AvgIpc) is 2.74. The van der Waals surface area contributed by atoms with E-state index in [9.17, 15) is 22.0 Å². The number of halogens is 6. The minimum Gasteiger partial charge on any atom is -0.335 e. The molecule has 4 nitrogen and oxygen atoms in total. The fourth-order valence-corrected chi connectivity index (χ4v) is 2.63. The Morgan fingerprint density at radius 2 is 1.38 bits per heavy atom. The van der Waals surface area contributed by atoms with Crippen LogP contribution in [0.5, 0.6) is 0 Å². The van der Waals surface area contributed by atoms with Gasteiger partial charge in [0.25, 0.3) is 0 Å². The maximum absolute atomic E-state index is 14.1. The van der Waals surface area contributed by atoms with Crippen LogP contribution in [0.25, 0.3) is 22.3 Å². The summed E-state index contributed by atoms with van der Waals surface area (Å²) in [6, 6.07) is 9.80. The molecule has 2 aromatic carbocycles. The van der Waals surface area contributed by atoms with Gasteiger partial charge in [-0.05, 0) is 24.3 Å². The number of benzene rings is 2. The first-order valence-electron chi connectivity index (χ1n) is 7.93. The van der Waals surface area contributed by atoms with Gasteiger partial charge >= 0.3 is 0 Å². The summed E-state index contributed by atoms with van der Waals surface area (Å²) in [5.74, 6) is -10.3. The van der Waals surface area contributed by atoms with Gasteiger partial charge in [-0.15, -0.1) is 12.4 Å². The van der Waals surface area contributed by atoms with Gasteiger partial charge in [0.1, 0.15) is 11.5 Å². The molecule has 0 aliphatic carbocycles. The minimum atomic E-state index is -2.23. The van der Waals surface area contributed by atoms with E-state index in [2.05, 4.69) is 20.3 Å². The number of hydrogen-bond donors (Lipinski definition) is 1. The smallest absolute Gasteiger partial charge is 0.200 e. The zero-order valence-electron chi connectivity index (χ0n) is 14.3. The van der Waals surface area contributed by atoms with E-state index in [1.165, 1.54) is 6.20 Å². The molecule has 0 amide bonds. The number of hydrogen-bond acceptors (Lipinski definition) is 4. The summed E-state index contributed by atoms with van der Waals surface area (Å²) >= 11 is 0. The first kappa shape index (κ1) is 20.4. The first-order valence-corrected chi connectivity index (χ1v) is 7.93.